The number of carbonyl (C=O) groups excluding carboxylic acids is 1. The number of ether oxygens (including phenoxy) is 1. The molecule has 0 saturated heterocycles. The van der Waals surface area contributed by atoms with E-state index < -0.39 is 12.7 Å². The Labute approximate surface area is 121 Å². The molecule has 0 heterocycles. The number of nitrogens with one attached hydrogen (secondary N) is 1. The Balaban J connectivity index is 2.74. The molecule has 1 amide bonds. The number of hydrogen-bond donors (Lipinski definition) is 2. The van der Waals surface area contributed by atoms with Gasteiger partial charge in [-0.3, -0.25) is 4.79 Å². The molecule has 0 radical (unpaired) electrons. The number of carbonyl (C=O) groups is 1. The highest BCUT2D eigenvalue weighted by molar-refractivity contribution is 6.32. The molecule has 0 fully saturated rings. The number of alkyl halides is 2. The number of rotatable bonds is 6. The molecule has 7 heteroatoms. The van der Waals surface area contributed by atoms with E-state index in [9.17, 15) is 13.6 Å². The van der Waals surface area contributed by atoms with Crippen molar-refractivity contribution >= 4 is 23.2 Å². The quantitative estimate of drug-likeness (QED) is 0.848. The van der Waals surface area contributed by atoms with Gasteiger partial charge in [-0.05, 0) is 24.1 Å². The van der Waals surface area contributed by atoms with E-state index in [0.29, 0.717) is 5.69 Å². The predicted octanol–water partition coefficient (Wildman–Crippen LogP) is 3.25. The van der Waals surface area contributed by atoms with Crippen LogP contribution in [0.3, 0.4) is 0 Å². The molecule has 0 bridgehead atoms. The zero-order valence-electron chi connectivity index (χ0n) is 11.2. The van der Waals surface area contributed by atoms with Crippen LogP contribution in [0, 0.1) is 5.92 Å². The second-order valence-electron chi connectivity index (χ2n) is 4.42. The molecular formula is C13H17ClF2N2O2. The van der Waals surface area contributed by atoms with Crippen LogP contribution in [-0.2, 0) is 4.79 Å². The van der Waals surface area contributed by atoms with E-state index in [1.807, 2.05) is 13.8 Å². The van der Waals surface area contributed by atoms with Crippen LogP contribution < -0.4 is 15.8 Å². The van der Waals surface area contributed by atoms with E-state index >= 15 is 0 Å². The van der Waals surface area contributed by atoms with Crippen LogP contribution >= 0.6 is 11.6 Å². The van der Waals surface area contributed by atoms with Crippen molar-refractivity contribution in [1.29, 1.82) is 0 Å². The van der Waals surface area contributed by atoms with Gasteiger partial charge in [0.1, 0.15) is 5.75 Å². The first-order valence-corrected chi connectivity index (χ1v) is 6.53. The van der Waals surface area contributed by atoms with E-state index in [-0.39, 0.29) is 22.6 Å². The van der Waals surface area contributed by atoms with Crippen LogP contribution in [0.4, 0.5) is 14.5 Å². The highest BCUT2D eigenvalue weighted by atomic mass is 35.5. The molecule has 0 aliphatic carbocycles. The van der Waals surface area contributed by atoms with Gasteiger partial charge < -0.3 is 15.8 Å². The highest BCUT2D eigenvalue weighted by Crippen LogP contribution is 2.29. The smallest absolute Gasteiger partial charge is 0.387 e. The van der Waals surface area contributed by atoms with Gasteiger partial charge in [0.25, 0.3) is 0 Å². The van der Waals surface area contributed by atoms with E-state index in [1.54, 1.807) is 0 Å². The van der Waals surface area contributed by atoms with E-state index in [4.69, 9.17) is 17.3 Å². The van der Waals surface area contributed by atoms with Gasteiger partial charge in [-0.15, -0.1) is 0 Å². The van der Waals surface area contributed by atoms with Crippen molar-refractivity contribution in [2.75, 3.05) is 5.32 Å². The van der Waals surface area contributed by atoms with E-state index in [0.717, 1.165) is 6.42 Å². The lowest BCUT2D eigenvalue weighted by molar-refractivity contribution is -0.118. The van der Waals surface area contributed by atoms with Crippen LogP contribution in [0.5, 0.6) is 5.75 Å². The fourth-order valence-electron chi connectivity index (χ4n) is 1.51. The molecule has 0 saturated carbocycles. The lowest BCUT2D eigenvalue weighted by atomic mass is 9.99. The summed E-state index contributed by atoms with van der Waals surface area (Å²) in [5.41, 5.74) is 6.16. The Kier molecular flexibility index (Phi) is 6.16. The maximum Gasteiger partial charge on any atom is 0.387 e. The molecule has 2 unspecified atom stereocenters. The van der Waals surface area contributed by atoms with Gasteiger partial charge in [-0.25, -0.2) is 0 Å². The zero-order valence-corrected chi connectivity index (χ0v) is 12.0. The van der Waals surface area contributed by atoms with Crippen LogP contribution in [0.25, 0.3) is 0 Å². The predicted molar refractivity (Wildman–Crippen MR) is 74.1 cm³/mol. The number of amides is 1. The van der Waals surface area contributed by atoms with Crippen molar-refractivity contribution in [1.82, 2.24) is 0 Å². The SMILES string of the molecule is CCC(C)C(N)C(=O)Nc1ccc(OC(F)F)c(Cl)c1. The Morgan fingerprint density at radius 2 is 2.15 bits per heavy atom. The molecule has 0 spiro atoms. The van der Waals surface area contributed by atoms with Crippen molar-refractivity contribution in [2.45, 2.75) is 32.9 Å². The third-order valence-electron chi connectivity index (χ3n) is 2.98. The molecule has 112 valence electrons. The number of hydrogen-bond acceptors (Lipinski definition) is 3. The van der Waals surface area contributed by atoms with Crippen LogP contribution in [-0.4, -0.2) is 18.6 Å². The molecule has 0 aromatic heterocycles. The third kappa shape index (κ3) is 4.61. The van der Waals surface area contributed by atoms with Crippen LogP contribution in [0.2, 0.25) is 5.02 Å². The monoisotopic (exact) mass is 306 g/mol. The summed E-state index contributed by atoms with van der Waals surface area (Å²) in [7, 11) is 0. The van der Waals surface area contributed by atoms with Gasteiger partial charge in [-0.1, -0.05) is 31.9 Å². The molecule has 1 aromatic carbocycles. The van der Waals surface area contributed by atoms with Gasteiger partial charge in [0, 0.05) is 5.69 Å². The minimum Gasteiger partial charge on any atom is -0.433 e. The summed E-state index contributed by atoms with van der Waals surface area (Å²) in [6.07, 6.45) is 0.774. The summed E-state index contributed by atoms with van der Waals surface area (Å²) < 4.78 is 28.4. The number of benzene rings is 1. The summed E-state index contributed by atoms with van der Waals surface area (Å²) in [4.78, 5) is 11.9. The minimum atomic E-state index is -2.95. The lowest BCUT2D eigenvalue weighted by Crippen LogP contribution is -2.40. The summed E-state index contributed by atoms with van der Waals surface area (Å²) in [5.74, 6) is -0.462. The summed E-state index contributed by atoms with van der Waals surface area (Å²) in [5, 5.41) is 2.57. The maximum absolute atomic E-state index is 12.1. The van der Waals surface area contributed by atoms with Crippen molar-refractivity contribution in [3.8, 4) is 5.75 Å². The molecule has 4 nitrogen and oxygen atoms in total. The molecule has 3 N–H and O–H groups in total. The Bertz CT molecular complexity index is 472. The van der Waals surface area contributed by atoms with Gasteiger partial charge in [-0.2, -0.15) is 8.78 Å². The number of nitrogens with two attached hydrogens (primary N) is 1. The third-order valence-corrected chi connectivity index (χ3v) is 3.27. The standard InChI is InChI=1S/C13H17ClF2N2O2/c1-3-7(2)11(17)12(19)18-8-4-5-10(9(14)6-8)20-13(15)16/h4-7,11,13H,3,17H2,1-2H3,(H,18,19). The lowest BCUT2D eigenvalue weighted by Gasteiger charge is -2.18. The molecule has 1 rings (SSSR count). The summed E-state index contributed by atoms with van der Waals surface area (Å²) in [6, 6.07) is 3.38. The topological polar surface area (TPSA) is 64.4 Å². The summed E-state index contributed by atoms with van der Waals surface area (Å²) >= 11 is 5.79. The maximum atomic E-state index is 12.1. The highest BCUT2D eigenvalue weighted by Gasteiger charge is 2.19. The van der Waals surface area contributed by atoms with Gasteiger partial charge in [0.15, 0.2) is 0 Å². The van der Waals surface area contributed by atoms with Gasteiger partial charge in [0.05, 0.1) is 11.1 Å². The first-order chi connectivity index (χ1) is 9.35. The average Bonchev–Trinajstić information content (AvgIpc) is 2.39. The Hall–Kier alpha value is -1.40. The van der Waals surface area contributed by atoms with E-state index in [1.165, 1.54) is 18.2 Å². The first-order valence-electron chi connectivity index (χ1n) is 6.16. The van der Waals surface area contributed by atoms with Crippen molar-refractivity contribution < 1.29 is 18.3 Å². The van der Waals surface area contributed by atoms with Crippen molar-refractivity contribution in [3.05, 3.63) is 23.2 Å². The van der Waals surface area contributed by atoms with Gasteiger partial charge >= 0.3 is 6.61 Å². The largest absolute Gasteiger partial charge is 0.433 e. The second-order valence-corrected chi connectivity index (χ2v) is 4.83. The molecular weight excluding hydrogens is 290 g/mol. The number of anilines is 1. The normalized spacial score (nSPS) is 13.9. The van der Waals surface area contributed by atoms with Gasteiger partial charge in [0.2, 0.25) is 5.91 Å². The average molecular weight is 307 g/mol. The fourth-order valence-corrected chi connectivity index (χ4v) is 1.73. The van der Waals surface area contributed by atoms with E-state index in [2.05, 4.69) is 10.1 Å². The fraction of sp³-hybridized carbons (Fsp3) is 0.462. The first kappa shape index (κ1) is 16.7. The van der Waals surface area contributed by atoms with Crippen molar-refractivity contribution in [3.63, 3.8) is 0 Å². The zero-order chi connectivity index (χ0) is 15.3. The second kappa shape index (κ2) is 7.40. The number of halogens is 3. The van der Waals surface area contributed by atoms with Crippen LogP contribution in [0.15, 0.2) is 18.2 Å². The Morgan fingerprint density at radius 3 is 2.65 bits per heavy atom. The Morgan fingerprint density at radius 1 is 1.50 bits per heavy atom. The van der Waals surface area contributed by atoms with Crippen LogP contribution in [0.1, 0.15) is 20.3 Å². The van der Waals surface area contributed by atoms with Crippen molar-refractivity contribution in [2.24, 2.45) is 11.7 Å². The summed E-state index contributed by atoms with van der Waals surface area (Å²) in [6.45, 7) is 0.855. The molecule has 20 heavy (non-hydrogen) atoms. The molecule has 1 aromatic rings. The molecule has 2 atom stereocenters. The molecule has 0 aliphatic heterocycles. The molecule has 0 aliphatic rings. The minimum absolute atomic E-state index is 0.0137.